The van der Waals surface area contributed by atoms with Gasteiger partial charge < -0.3 is 19.8 Å². The third kappa shape index (κ3) is 75.3. The molecule has 9 heteroatoms. The van der Waals surface area contributed by atoms with Gasteiger partial charge in [-0.05, 0) is 64.2 Å². The Labute approximate surface area is 574 Å². The molecule has 92 heavy (non-hydrogen) atoms. The SMILES string of the molecule is CC/C=C\C/C=C\C/C=C\C/C=C\C/C=C\CCCCCCCCCCCCCCCCCCCCCCCCCCCC(=O)NC(COP(=O)(O)OCC[N+](C)(C)C)C(O)/C=C/CCCCCCCCCCCCCCCCCCCCCCCCCCCCC. The molecule has 3 N–H and O–H groups in total. The number of hydrogen-bond acceptors (Lipinski definition) is 5. The van der Waals surface area contributed by atoms with Gasteiger partial charge in [0.15, 0.2) is 0 Å². The lowest BCUT2D eigenvalue weighted by atomic mass is 10.0. The van der Waals surface area contributed by atoms with Crippen molar-refractivity contribution in [2.75, 3.05) is 40.9 Å². The topological polar surface area (TPSA) is 105 Å². The van der Waals surface area contributed by atoms with Crippen LogP contribution in [0, 0.1) is 0 Å². The second kappa shape index (κ2) is 73.2. The van der Waals surface area contributed by atoms with Crippen molar-refractivity contribution in [3.8, 4) is 0 Å². The first-order chi connectivity index (χ1) is 45.0. The van der Waals surface area contributed by atoms with Crippen LogP contribution in [-0.2, 0) is 18.4 Å². The summed E-state index contributed by atoms with van der Waals surface area (Å²) in [4.78, 5) is 23.5. The zero-order valence-corrected chi connectivity index (χ0v) is 62.9. The number of nitrogens with one attached hydrogen (secondary N) is 1. The van der Waals surface area contributed by atoms with Crippen molar-refractivity contribution < 1.29 is 32.9 Å². The first kappa shape index (κ1) is 89.9. The normalized spacial score (nSPS) is 13.9. The van der Waals surface area contributed by atoms with Crippen LogP contribution in [0.5, 0.6) is 0 Å². The van der Waals surface area contributed by atoms with E-state index in [1.165, 1.54) is 315 Å². The van der Waals surface area contributed by atoms with Crippen LogP contribution in [0.3, 0.4) is 0 Å². The lowest BCUT2D eigenvalue weighted by Crippen LogP contribution is -2.45. The average Bonchev–Trinajstić information content (AvgIpc) is 2.63. The maximum absolute atomic E-state index is 13.1. The van der Waals surface area contributed by atoms with Crippen molar-refractivity contribution in [3.05, 3.63) is 72.9 Å². The highest BCUT2D eigenvalue weighted by molar-refractivity contribution is 7.47. The van der Waals surface area contributed by atoms with Gasteiger partial charge in [-0.2, -0.15) is 0 Å². The lowest BCUT2D eigenvalue weighted by molar-refractivity contribution is -0.870. The van der Waals surface area contributed by atoms with E-state index in [1.807, 2.05) is 27.2 Å². The molecule has 0 bridgehead atoms. The fourth-order valence-corrected chi connectivity index (χ4v) is 13.0. The Hall–Kier alpha value is -2.06. The predicted octanol–water partition coefficient (Wildman–Crippen LogP) is 26.5. The molecule has 0 aromatic heterocycles. The van der Waals surface area contributed by atoms with Gasteiger partial charge in [-0.15, -0.1) is 0 Å². The number of rotatable bonds is 75. The molecule has 0 saturated carbocycles. The van der Waals surface area contributed by atoms with Crippen LogP contribution in [0.4, 0.5) is 0 Å². The molecule has 1 amide bonds. The van der Waals surface area contributed by atoms with E-state index in [4.69, 9.17) is 9.05 Å². The molecule has 0 saturated heterocycles. The van der Waals surface area contributed by atoms with Gasteiger partial charge in [-0.3, -0.25) is 13.8 Å². The Balaban J connectivity index is 3.93. The van der Waals surface area contributed by atoms with Gasteiger partial charge in [-0.25, -0.2) is 4.57 Å². The van der Waals surface area contributed by atoms with E-state index in [2.05, 4.69) is 79.9 Å². The van der Waals surface area contributed by atoms with Gasteiger partial charge in [0.05, 0.1) is 39.9 Å². The van der Waals surface area contributed by atoms with E-state index >= 15 is 0 Å². The molecule has 0 heterocycles. The highest BCUT2D eigenvalue weighted by Gasteiger charge is 2.28. The smallest absolute Gasteiger partial charge is 0.387 e. The van der Waals surface area contributed by atoms with Gasteiger partial charge in [0, 0.05) is 6.42 Å². The van der Waals surface area contributed by atoms with Crippen molar-refractivity contribution in [1.29, 1.82) is 0 Å². The quantitative estimate of drug-likeness (QED) is 0.0243. The number of amides is 1. The molecule has 0 aromatic carbocycles. The number of aliphatic hydroxyl groups excluding tert-OH is 1. The van der Waals surface area contributed by atoms with Crippen molar-refractivity contribution in [3.63, 3.8) is 0 Å². The van der Waals surface area contributed by atoms with Crippen molar-refractivity contribution >= 4 is 13.7 Å². The van der Waals surface area contributed by atoms with Crippen LogP contribution in [0.1, 0.15) is 399 Å². The number of allylic oxidation sites excluding steroid dienone is 11. The summed E-state index contributed by atoms with van der Waals surface area (Å²) in [7, 11) is 1.59. The number of nitrogens with zero attached hydrogens (tertiary/aromatic N) is 1. The summed E-state index contributed by atoms with van der Waals surface area (Å²) in [5, 5.41) is 14.1. The second-order valence-corrected chi connectivity index (χ2v) is 30.2. The maximum atomic E-state index is 13.1. The highest BCUT2D eigenvalue weighted by atomic mass is 31.2. The van der Waals surface area contributed by atoms with E-state index in [1.54, 1.807) is 6.08 Å². The van der Waals surface area contributed by atoms with Crippen LogP contribution >= 0.6 is 7.82 Å². The van der Waals surface area contributed by atoms with Crippen LogP contribution in [0.15, 0.2) is 72.9 Å². The van der Waals surface area contributed by atoms with Gasteiger partial charge in [0.25, 0.3) is 0 Å². The molecule has 3 unspecified atom stereocenters. The summed E-state index contributed by atoms with van der Waals surface area (Å²) in [6.45, 7) is 4.76. The Bertz CT molecular complexity index is 1730. The minimum Gasteiger partial charge on any atom is -0.387 e. The number of carbonyl (C=O) groups is 1. The zero-order chi connectivity index (χ0) is 66.9. The summed E-state index contributed by atoms with van der Waals surface area (Å²) in [5.74, 6) is -0.169. The van der Waals surface area contributed by atoms with E-state index in [0.29, 0.717) is 17.4 Å². The third-order valence-corrected chi connectivity index (χ3v) is 19.4. The first-order valence-corrected chi connectivity index (χ1v) is 41.8. The summed E-state index contributed by atoms with van der Waals surface area (Å²) in [5.41, 5.74) is 0. The van der Waals surface area contributed by atoms with Crippen LogP contribution < -0.4 is 5.32 Å². The summed E-state index contributed by atoms with van der Waals surface area (Å²) in [6, 6.07) is -0.849. The summed E-state index contributed by atoms with van der Waals surface area (Å²) >= 11 is 0. The minimum atomic E-state index is -4.36. The zero-order valence-electron chi connectivity index (χ0n) is 62.1. The van der Waals surface area contributed by atoms with Crippen LogP contribution in [-0.4, -0.2) is 73.4 Å². The fraction of sp³-hybridized carbons (Fsp3) is 0.843. The molecular formula is C83H158N2O6P+. The molecule has 0 rings (SSSR count). The van der Waals surface area contributed by atoms with Gasteiger partial charge in [0.1, 0.15) is 13.2 Å². The molecule has 0 radical (unpaired) electrons. The van der Waals surface area contributed by atoms with Gasteiger partial charge >= 0.3 is 7.82 Å². The number of likely N-dealkylation sites (N-methyl/N-ethyl adjacent to an activating group) is 1. The van der Waals surface area contributed by atoms with Crippen LogP contribution in [0.25, 0.3) is 0 Å². The van der Waals surface area contributed by atoms with Crippen molar-refractivity contribution in [2.24, 2.45) is 0 Å². The number of unbranched alkanes of at least 4 members (excludes halogenated alkanes) is 52. The number of carbonyl (C=O) groups excluding carboxylic acids is 1. The number of quaternary nitrogens is 1. The maximum Gasteiger partial charge on any atom is 0.472 e. The second-order valence-electron chi connectivity index (χ2n) is 28.8. The monoisotopic (exact) mass is 1310 g/mol. The molecule has 3 atom stereocenters. The Morgan fingerprint density at radius 3 is 0.957 bits per heavy atom. The summed E-state index contributed by atoms with van der Waals surface area (Å²) < 4.78 is 23.9. The van der Waals surface area contributed by atoms with Crippen molar-refractivity contribution in [2.45, 2.75) is 411 Å². The van der Waals surface area contributed by atoms with E-state index in [9.17, 15) is 19.4 Å². The molecule has 0 spiro atoms. The van der Waals surface area contributed by atoms with E-state index in [0.717, 1.165) is 64.2 Å². The molecular weight excluding hydrogens is 1150 g/mol. The summed E-state index contributed by atoms with van der Waals surface area (Å²) in [6.07, 6.45) is 104. The fourth-order valence-electron chi connectivity index (χ4n) is 12.3. The third-order valence-electron chi connectivity index (χ3n) is 18.4. The van der Waals surface area contributed by atoms with E-state index < -0.39 is 20.0 Å². The molecule has 0 aliphatic rings. The number of phosphoric ester groups is 1. The average molecular weight is 1310 g/mol. The van der Waals surface area contributed by atoms with Crippen LogP contribution in [0.2, 0.25) is 0 Å². The molecule has 8 nitrogen and oxygen atoms in total. The Morgan fingerprint density at radius 1 is 0.380 bits per heavy atom. The Morgan fingerprint density at radius 2 is 0.652 bits per heavy atom. The number of aliphatic hydroxyl groups is 1. The lowest BCUT2D eigenvalue weighted by Gasteiger charge is -2.25. The minimum absolute atomic E-state index is 0.0628. The standard InChI is InChI=1S/C83H157N2O6P/c1-6-8-10-12-14-16-18-20-22-24-26-28-30-32-34-36-37-38-39-40-41-42-43-44-45-46-47-49-51-53-55-57-59-61-63-65-67-69-71-73-75-77-83(87)84-81(80-91-92(88,89)90-79-78-85(3,4)5)82(86)76-74-72-70-68-66-64-62-60-58-56-54-52-50-48-35-33-31-29-27-25-23-21-19-17-15-13-11-9-7-2/h8,10,14,16,20,22,26,28,32,34,74,76,81-82,86H,6-7,9,11-13,15,17-19,21,23-25,27,29-31,33,35-73,75,77-80H2,1-5H3,(H-,84,87,88,89)/p+1/b10-8-,16-14-,22-20-,28-26-,34-32-,76-74+. The highest BCUT2D eigenvalue weighted by Crippen LogP contribution is 2.43. The largest absolute Gasteiger partial charge is 0.472 e. The molecule has 0 aromatic rings. The number of hydrogen-bond donors (Lipinski definition) is 3. The predicted molar refractivity (Wildman–Crippen MR) is 406 cm³/mol. The molecule has 0 aliphatic heterocycles. The first-order valence-electron chi connectivity index (χ1n) is 40.3. The number of phosphoric acid groups is 1. The Kier molecular flexibility index (Phi) is 71.6. The van der Waals surface area contributed by atoms with Gasteiger partial charge in [0.2, 0.25) is 5.91 Å². The van der Waals surface area contributed by atoms with Gasteiger partial charge in [-0.1, -0.05) is 401 Å². The van der Waals surface area contributed by atoms with Crippen molar-refractivity contribution in [1.82, 2.24) is 5.32 Å². The molecule has 540 valence electrons. The molecule has 0 aliphatic carbocycles. The van der Waals surface area contributed by atoms with E-state index in [-0.39, 0.29) is 19.1 Å². The molecule has 0 fully saturated rings.